The molecule has 2 aromatic carbocycles. The minimum absolute atomic E-state index is 0.0655. The van der Waals surface area contributed by atoms with Gasteiger partial charge in [0.25, 0.3) is 10.1 Å². The van der Waals surface area contributed by atoms with Gasteiger partial charge in [0.1, 0.15) is 23.4 Å². The number of nitrogens with zero attached hydrogens (tertiary/aromatic N) is 3. The monoisotopic (exact) mass is 448 g/mol. The molecule has 1 aromatic heterocycles. The van der Waals surface area contributed by atoms with Gasteiger partial charge in [-0.25, -0.2) is 8.57 Å². The number of fused-ring (bicyclic) bond motifs is 1. The molecule has 166 valence electrons. The standard InChI is InChI=1S/C21H25FN4O4S/c1-3-4-11-26-24-19-10-7-17(12-20(19)25-26)29-14-16(13-22)21(23)30-31(27,28)18-8-5-15(2)6-9-18/h5-10,12-13,21H,3-4,11,14,23H2,1-2H3/b16-13+. The van der Waals surface area contributed by atoms with E-state index in [9.17, 15) is 12.8 Å². The third-order valence-electron chi connectivity index (χ3n) is 4.56. The smallest absolute Gasteiger partial charge is 0.298 e. The summed E-state index contributed by atoms with van der Waals surface area (Å²) in [5, 5.41) is 8.77. The van der Waals surface area contributed by atoms with E-state index in [4.69, 9.17) is 14.7 Å². The molecule has 0 aliphatic rings. The number of aryl methyl sites for hydroxylation is 2. The SMILES string of the molecule is CCCCn1nc2ccc(OC/C(=C\F)C(N)OS(=O)(=O)c3ccc(C)cc3)cc2n1. The third-order valence-corrected chi connectivity index (χ3v) is 5.87. The lowest BCUT2D eigenvalue weighted by Gasteiger charge is -2.16. The lowest BCUT2D eigenvalue weighted by molar-refractivity contribution is 0.225. The summed E-state index contributed by atoms with van der Waals surface area (Å²) in [6.07, 6.45) is 0.662. The van der Waals surface area contributed by atoms with Crippen molar-refractivity contribution in [1.82, 2.24) is 15.0 Å². The summed E-state index contributed by atoms with van der Waals surface area (Å²) in [6, 6.07) is 11.2. The molecule has 0 spiro atoms. The molecule has 8 nitrogen and oxygen atoms in total. The Balaban J connectivity index is 1.64. The summed E-state index contributed by atoms with van der Waals surface area (Å²) in [5.41, 5.74) is 7.86. The Bertz CT molecular complexity index is 1160. The van der Waals surface area contributed by atoms with E-state index >= 15 is 0 Å². The van der Waals surface area contributed by atoms with E-state index in [2.05, 4.69) is 17.1 Å². The van der Waals surface area contributed by atoms with Crippen molar-refractivity contribution >= 4 is 21.2 Å². The van der Waals surface area contributed by atoms with Gasteiger partial charge in [-0.05, 0) is 37.6 Å². The van der Waals surface area contributed by atoms with Crippen molar-refractivity contribution < 1.29 is 21.7 Å². The average Bonchev–Trinajstić information content (AvgIpc) is 3.14. The maximum absolute atomic E-state index is 13.4. The topological polar surface area (TPSA) is 109 Å². The Hall–Kier alpha value is -2.82. The van der Waals surface area contributed by atoms with Gasteiger partial charge in [0.05, 0.1) is 17.8 Å². The molecule has 0 fully saturated rings. The molecule has 10 heteroatoms. The first-order valence-corrected chi connectivity index (χ1v) is 11.3. The van der Waals surface area contributed by atoms with Crippen LogP contribution in [0.3, 0.4) is 0 Å². The van der Waals surface area contributed by atoms with Crippen molar-refractivity contribution in [3.8, 4) is 5.75 Å². The van der Waals surface area contributed by atoms with Crippen LogP contribution in [-0.2, 0) is 20.8 Å². The number of nitrogens with two attached hydrogens (primary N) is 1. The predicted octanol–water partition coefficient (Wildman–Crippen LogP) is 3.46. The molecule has 1 unspecified atom stereocenters. The van der Waals surface area contributed by atoms with Crippen LogP contribution in [0.4, 0.5) is 4.39 Å². The Morgan fingerprint density at radius 2 is 1.90 bits per heavy atom. The molecule has 31 heavy (non-hydrogen) atoms. The van der Waals surface area contributed by atoms with Crippen LogP contribution in [0.25, 0.3) is 11.0 Å². The molecular formula is C21H25FN4O4S. The summed E-state index contributed by atoms with van der Waals surface area (Å²) in [6.45, 7) is 4.34. The molecule has 3 rings (SSSR count). The van der Waals surface area contributed by atoms with E-state index in [0.717, 1.165) is 24.9 Å². The number of hydrogen-bond donors (Lipinski definition) is 1. The van der Waals surface area contributed by atoms with Crippen LogP contribution in [0.15, 0.2) is 59.3 Å². The summed E-state index contributed by atoms with van der Waals surface area (Å²) in [4.78, 5) is 1.56. The highest BCUT2D eigenvalue weighted by Gasteiger charge is 2.22. The van der Waals surface area contributed by atoms with Gasteiger partial charge in [-0.3, -0.25) is 0 Å². The molecule has 1 heterocycles. The molecule has 0 bridgehead atoms. The van der Waals surface area contributed by atoms with E-state index in [1.165, 1.54) is 12.1 Å². The molecular weight excluding hydrogens is 423 g/mol. The van der Waals surface area contributed by atoms with Gasteiger partial charge < -0.3 is 10.5 Å². The quantitative estimate of drug-likeness (QED) is 0.374. The van der Waals surface area contributed by atoms with E-state index in [1.54, 1.807) is 35.1 Å². The van der Waals surface area contributed by atoms with Gasteiger partial charge in [0.2, 0.25) is 0 Å². The first-order valence-electron chi connectivity index (χ1n) is 9.85. The highest BCUT2D eigenvalue weighted by Crippen LogP contribution is 2.20. The van der Waals surface area contributed by atoms with Crippen molar-refractivity contribution in [3.05, 3.63) is 59.9 Å². The fourth-order valence-electron chi connectivity index (χ4n) is 2.73. The van der Waals surface area contributed by atoms with Crippen LogP contribution in [0.1, 0.15) is 25.3 Å². The fourth-order valence-corrected chi connectivity index (χ4v) is 3.71. The fraction of sp³-hybridized carbons (Fsp3) is 0.333. The number of aromatic nitrogens is 3. The maximum atomic E-state index is 13.4. The number of halogens is 1. The lowest BCUT2D eigenvalue weighted by atomic mass is 10.2. The summed E-state index contributed by atoms with van der Waals surface area (Å²) in [7, 11) is -4.16. The summed E-state index contributed by atoms with van der Waals surface area (Å²) < 4.78 is 48.6. The molecule has 0 saturated heterocycles. The molecule has 0 aliphatic heterocycles. The largest absolute Gasteiger partial charge is 0.489 e. The van der Waals surface area contributed by atoms with Gasteiger partial charge in [-0.15, -0.1) is 0 Å². The second-order valence-electron chi connectivity index (χ2n) is 7.06. The second kappa shape index (κ2) is 9.99. The average molecular weight is 449 g/mol. The normalized spacial score (nSPS) is 13.5. The zero-order chi connectivity index (χ0) is 22.4. The first-order chi connectivity index (χ1) is 14.8. The maximum Gasteiger partial charge on any atom is 0.298 e. The van der Waals surface area contributed by atoms with E-state index in [1.807, 2.05) is 6.92 Å². The second-order valence-corrected chi connectivity index (χ2v) is 8.63. The molecule has 3 aromatic rings. The molecule has 0 amide bonds. The number of unbranched alkanes of at least 4 members (excludes halogenated alkanes) is 1. The molecule has 2 N–H and O–H groups in total. The molecule has 0 aliphatic carbocycles. The van der Waals surface area contributed by atoms with Crippen LogP contribution < -0.4 is 10.5 Å². The van der Waals surface area contributed by atoms with Gasteiger partial charge in [0.15, 0.2) is 6.23 Å². The summed E-state index contributed by atoms with van der Waals surface area (Å²) in [5.74, 6) is 0.419. The van der Waals surface area contributed by atoms with E-state index in [-0.39, 0.29) is 23.4 Å². The van der Waals surface area contributed by atoms with Crippen LogP contribution >= 0.6 is 0 Å². The van der Waals surface area contributed by atoms with Crippen molar-refractivity contribution in [2.45, 2.75) is 44.4 Å². The number of rotatable bonds is 10. The van der Waals surface area contributed by atoms with Gasteiger partial charge in [0, 0.05) is 11.6 Å². The van der Waals surface area contributed by atoms with Gasteiger partial charge in [-0.2, -0.15) is 23.4 Å². The van der Waals surface area contributed by atoms with Crippen molar-refractivity contribution in [3.63, 3.8) is 0 Å². The number of hydrogen-bond acceptors (Lipinski definition) is 7. The lowest BCUT2D eigenvalue weighted by Crippen LogP contribution is -2.31. The van der Waals surface area contributed by atoms with Crippen LogP contribution in [0.2, 0.25) is 0 Å². The van der Waals surface area contributed by atoms with Crippen LogP contribution in [-0.4, -0.2) is 36.2 Å². The zero-order valence-electron chi connectivity index (χ0n) is 17.4. The number of benzene rings is 2. The van der Waals surface area contributed by atoms with E-state index < -0.39 is 16.3 Å². The number of ether oxygens (including phenoxy) is 1. The minimum Gasteiger partial charge on any atom is -0.489 e. The first kappa shape index (κ1) is 22.9. The zero-order valence-corrected chi connectivity index (χ0v) is 18.2. The van der Waals surface area contributed by atoms with Gasteiger partial charge in [-0.1, -0.05) is 31.0 Å². The Labute approximate surface area is 180 Å². The Kier molecular flexibility index (Phi) is 7.37. The summed E-state index contributed by atoms with van der Waals surface area (Å²) >= 11 is 0. The van der Waals surface area contributed by atoms with E-state index in [0.29, 0.717) is 16.8 Å². The van der Waals surface area contributed by atoms with Gasteiger partial charge >= 0.3 is 0 Å². The molecule has 0 saturated carbocycles. The highest BCUT2D eigenvalue weighted by atomic mass is 32.2. The van der Waals surface area contributed by atoms with Crippen LogP contribution in [0, 0.1) is 6.92 Å². The van der Waals surface area contributed by atoms with Crippen molar-refractivity contribution in [1.29, 1.82) is 0 Å². The van der Waals surface area contributed by atoms with Crippen molar-refractivity contribution in [2.75, 3.05) is 6.61 Å². The molecule has 1 atom stereocenters. The Morgan fingerprint density at radius 3 is 2.58 bits per heavy atom. The molecule has 0 radical (unpaired) electrons. The van der Waals surface area contributed by atoms with Crippen molar-refractivity contribution in [2.24, 2.45) is 5.73 Å². The highest BCUT2D eigenvalue weighted by molar-refractivity contribution is 7.86. The third kappa shape index (κ3) is 5.87. The van der Waals surface area contributed by atoms with Crippen LogP contribution in [0.5, 0.6) is 5.75 Å². The minimum atomic E-state index is -4.16. The predicted molar refractivity (Wildman–Crippen MR) is 115 cm³/mol. The Morgan fingerprint density at radius 1 is 1.19 bits per heavy atom.